The zero-order valence-corrected chi connectivity index (χ0v) is 10.6. The van der Waals surface area contributed by atoms with E-state index in [9.17, 15) is 0 Å². The van der Waals surface area contributed by atoms with Crippen molar-refractivity contribution < 1.29 is 4.74 Å². The van der Waals surface area contributed by atoms with Crippen molar-refractivity contribution >= 4 is 16.9 Å². The van der Waals surface area contributed by atoms with Crippen LogP contribution in [0.3, 0.4) is 0 Å². The molecule has 0 radical (unpaired) electrons. The molecule has 5 heteroatoms. The summed E-state index contributed by atoms with van der Waals surface area (Å²) in [7, 11) is 4.10. The molecular formula is C10H21N3OS. The van der Waals surface area contributed by atoms with Gasteiger partial charge < -0.3 is 15.0 Å². The van der Waals surface area contributed by atoms with E-state index in [0.29, 0.717) is 5.25 Å². The van der Waals surface area contributed by atoms with Crippen molar-refractivity contribution in [1.29, 1.82) is 0 Å². The van der Waals surface area contributed by atoms with Crippen LogP contribution < -0.4 is 5.32 Å². The normalized spacial score (nSPS) is 20.8. The maximum Gasteiger partial charge on any atom is 0.156 e. The number of thioether (sulfide) groups is 1. The number of likely N-dealkylation sites (N-methyl/N-ethyl adjacent to an activating group) is 1. The van der Waals surface area contributed by atoms with Gasteiger partial charge in [-0.25, -0.2) is 0 Å². The summed E-state index contributed by atoms with van der Waals surface area (Å²) >= 11 is 1.81. The molecule has 15 heavy (non-hydrogen) atoms. The number of hydrogen-bond donors (Lipinski definition) is 1. The van der Waals surface area contributed by atoms with Gasteiger partial charge in [-0.15, -0.1) is 0 Å². The van der Waals surface area contributed by atoms with Crippen LogP contribution in [0, 0.1) is 0 Å². The standard InChI is InChI=1S/C10H21N3OS/c1-9-8-12-10(15-9)11-4-6-14-7-5-13(2)3/h9H,4-8H2,1-3H3,(H,11,12). The molecule has 1 unspecified atom stereocenters. The summed E-state index contributed by atoms with van der Waals surface area (Å²) in [6, 6.07) is 0. The Balaban J connectivity index is 1.89. The molecule has 1 heterocycles. The Bertz CT molecular complexity index is 209. The average Bonchev–Trinajstić information content (AvgIpc) is 2.57. The molecular weight excluding hydrogens is 210 g/mol. The van der Waals surface area contributed by atoms with Gasteiger partial charge in [0.2, 0.25) is 0 Å². The van der Waals surface area contributed by atoms with Crippen molar-refractivity contribution in [3.8, 4) is 0 Å². The van der Waals surface area contributed by atoms with Crippen LogP contribution in [0.15, 0.2) is 4.99 Å². The molecule has 0 aromatic heterocycles. The molecule has 4 nitrogen and oxygen atoms in total. The van der Waals surface area contributed by atoms with Gasteiger partial charge in [0.05, 0.1) is 19.8 Å². The number of aliphatic imine (C=N–C) groups is 1. The molecule has 0 saturated heterocycles. The Morgan fingerprint density at radius 3 is 2.93 bits per heavy atom. The van der Waals surface area contributed by atoms with Crippen LogP contribution in [-0.4, -0.2) is 62.3 Å². The Hall–Kier alpha value is -0.260. The van der Waals surface area contributed by atoms with Crippen molar-refractivity contribution in [3.63, 3.8) is 0 Å². The molecule has 0 spiro atoms. The fourth-order valence-electron chi connectivity index (χ4n) is 1.15. The quantitative estimate of drug-likeness (QED) is 0.681. The van der Waals surface area contributed by atoms with Gasteiger partial charge in [-0.05, 0) is 14.1 Å². The van der Waals surface area contributed by atoms with Crippen LogP contribution >= 0.6 is 11.8 Å². The molecule has 1 N–H and O–H groups in total. The fraction of sp³-hybridized carbons (Fsp3) is 0.900. The topological polar surface area (TPSA) is 36.9 Å². The molecule has 1 atom stereocenters. The highest BCUT2D eigenvalue weighted by Gasteiger charge is 2.13. The highest BCUT2D eigenvalue weighted by Crippen LogP contribution is 2.17. The monoisotopic (exact) mass is 231 g/mol. The summed E-state index contributed by atoms with van der Waals surface area (Å²) in [4.78, 5) is 6.48. The molecule has 1 aliphatic heterocycles. The molecule has 0 aliphatic carbocycles. The summed E-state index contributed by atoms with van der Waals surface area (Å²) in [6.07, 6.45) is 0. The van der Waals surface area contributed by atoms with E-state index in [1.807, 2.05) is 25.9 Å². The van der Waals surface area contributed by atoms with E-state index in [2.05, 4.69) is 22.1 Å². The van der Waals surface area contributed by atoms with Crippen molar-refractivity contribution in [2.75, 3.05) is 46.9 Å². The van der Waals surface area contributed by atoms with Gasteiger partial charge >= 0.3 is 0 Å². The van der Waals surface area contributed by atoms with Gasteiger partial charge in [-0.3, -0.25) is 4.99 Å². The lowest BCUT2D eigenvalue weighted by Gasteiger charge is -2.10. The van der Waals surface area contributed by atoms with Crippen LogP contribution in [0.4, 0.5) is 0 Å². The molecule has 0 aromatic rings. The van der Waals surface area contributed by atoms with E-state index >= 15 is 0 Å². The highest BCUT2D eigenvalue weighted by molar-refractivity contribution is 8.14. The van der Waals surface area contributed by atoms with Crippen LogP contribution in [0.1, 0.15) is 6.92 Å². The van der Waals surface area contributed by atoms with Gasteiger partial charge in [0.1, 0.15) is 0 Å². The highest BCUT2D eigenvalue weighted by atomic mass is 32.2. The first-order valence-corrected chi connectivity index (χ1v) is 6.24. The minimum Gasteiger partial charge on any atom is -0.378 e. The average molecular weight is 231 g/mol. The van der Waals surface area contributed by atoms with E-state index in [0.717, 1.165) is 38.0 Å². The van der Waals surface area contributed by atoms with Crippen molar-refractivity contribution in [2.24, 2.45) is 4.99 Å². The predicted molar refractivity (Wildman–Crippen MR) is 66.7 cm³/mol. The van der Waals surface area contributed by atoms with Crippen LogP contribution in [-0.2, 0) is 4.74 Å². The second-order valence-corrected chi connectivity index (χ2v) is 5.34. The third-order valence-corrected chi connectivity index (χ3v) is 3.06. The third-order valence-electron chi connectivity index (χ3n) is 2.01. The number of hydrogen-bond acceptors (Lipinski definition) is 5. The van der Waals surface area contributed by atoms with Gasteiger partial charge in [-0.2, -0.15) is 0 Å². The van der Waals surface area contributed by atoms with Crippen LogP contribution in [0.5, 0.6) is 0 Å². The number of amidine groups is 1. The summed E-state index contributed by atoms with van der Waals surface area (Å²) in [5.74, 6) is 0. The molecule has 1 rings (SSSR count). The first-order chi connectivity index (χ1) is 7.18. The maximum atomic E-state index is 5.46. The summed E-state index contributed by atoms with van der Waals surface area (Å²) in [5, 5.41) is 4.97. The Morgan fingerprint density at radius 2 is 2.33 bits per heavy atom. The van der Waals surface area contributed by atoms with E-state index < -0.39 is 0 Å². The lowest BCUT2D eigenvalue weighted by molar-refractivity contribution is 0.122. The number of nitrogens with zero attached hydrogens (tertiary/aromatic N) is 2. The first-order valence-electron chi connectivity index (χ1n) is 5.36. The minimum absolute atomic E-state index is 0.627. The third kappa shape index (κ3) is 6.02. The molecule has 0 bridgehead atoms. The summed E-state index contributed by atoms with van der Waals surface area (Å²) in [5.41, 5.74) is 0. The number of nitrogens with one attached hydrogen (secondary N) is 1. The second-order valence-electron chi connectivity index (χ2n) is 3.92. The maximum absolute atomic E-state index is 5.46. The van der Waals surface area contributed by atoms with Gasteiger partial charge in [-0.1, -0.05) is 18.7 Å². The first kappa shape index (κ1) is 12.8. The van der Waals surface area contributed by atoms with Gasteiger partial charge in [0, 0.05) is 18.3 Å². The minimum atomic E-state index is 0.627. The van der Waals surface area contributed by atoms with E-state index in [1.54, 1.807) is 0 Å². The lowest BCUT2D eigenvalue weighted by Crippen LogP contribution is -2.25. The molecule has 0 amide bonds. The van der Waals surface area contributed by atoms with Gasteiger partial charge in [0.15, 0.2) is 5.17 Å². The molecule has 88 valence electrons. The smallest absolute Gasteiger partial charge is 0.156 e. The number of rotatable bonds is 6. The Morgan fingerprint density at radius 1 is 1.53 bits per heavy atom. The molecule has 0 saturated carbocycles. The van der Waals surface area contributed by atoms with E-state index in [1.165, 1.54) is 0 Å². The summed E-state index contributed by atoms with van der Waals surface area (Å²) in [6.45, 7) is 6.51. The predicted octanol–water partition coefficient (Wildman–Crippen LogP) is 0.646. The molecule has 1 aliphatic rings. The number of ether oxygens (including phenoxy) is 1. The fourth-order valence-corrected chi connectivity index (χ4v) is 2.02. The van der Waals surface area contributed by atoms with Crippen molar-refractivity contribution in [1.82, 2.24) is 10.2 Å². The zero-order valence-electron chi connectivity index (χ0n) is 9.82. The SMILES string of the molecule is CC1CN=C(NCCOCCN(C)C)S1. The van der Waals surface area contributed by atoms with E-state index in [4.69, 9.17) is 4.74 Å². The van der Waals surface area contributed by atoms with Crippen LogP contribution in [0.25, 0.3) is 0 Å². The zero-order chi connectivity index (χ0) is 11.1. The van der Waals surface area contributed by atoms with Crippen molar-refractivity contribution in [3.05, 3.63) is 0 Å². The van der Waals surface area contributed by atoms with Gasteiger partial charge in [0.25, 0.3) is 0 Å². The second kappa shape index (κ2) is 7.09. The largest absolute Gasteiger partial charge is 0.378 e. The summed E-state index contributed by atoms with van der Waals surface area (Å²) < 4.78 is 5.46. The Labute approximate surface area is 96.5 Å². The Kier molecular flexibility index (Phi) is 6.05. The van der Waals surface area contributed by atoms with E-state index in [-0.39, 0.29) is 0 Å². The van der Waals surface area contributed by atoms with Crippen LogP contribution in [0.2, 0.25) is 0 Å². The van der Waals surface area contributed by atoms with Crippen molar-refractivity contribution in [2.45, 2.75) is 12.2 Å². The lowest BCUT2D eigenvalue weighted by atomic mass is 10.5. The molecule has 0 aromatic carbocycles. The molecule has 0 fully saturated rings.